The number of Topliss-reactive ketones (excluding diaryl/α,β-unsaturated/α-hetero) is 1. The van der Waals surface area contributed by atoms with Gasteiger partial charge < -0.3 is 10.6 Å². The minimum Gasteiger partial charge on any atom is -0.340 e. The van der Waals surface area contributed by atoms with Crippen LogP contribution < -0.4 is 5.73 Å². The van der Waals surface area contributed by atoms with E-state index in [-0.39, 0.29) is 17.6 Å². The Morgan fingerprint density at radius 1 is 1.15 bits per heavy atom. The Bertz CT molecular complexity index is 843. The molecule has 2 aromatic carbocycles. The number of nitrogens with zero attached hydrogens (tertiary/aromatic N) is 1. The fourth-order valence-electron chi connectivity index (χ4n) is 3.54. The van der Waals surface area contributed by atoms with Crippen LogP contribution in [0.1, 0.15) is 37.0 Å². The van der Waals surface area contributed by atoms with Gasteiger partial charge >= 0.3 is 0 Å². The zero-order valence-electron chi connectivity index (χ0n) is 15.7. The molecule has 142 valence electrons. The van der Waals surface area contributed by atoms with E-state index in [1.54, 1.807) is 30.9 Å². The molecule has 5 heteroatoms. The summed E-state index contributed by atoms with van der Waals surface area (Å²) in [5.41, 5.74) is 6.53. The number of carbonyl (C=O) groups excluding carboxylic acids is 2. The van der Waals surface area contributed by atoms with Crippen molar-refractivity contribution in [1.82, 2.24) is 4.90 Å². The lowest BCUT2D eigenvalue weighted by atomic mass is 9.88. The number of hydrogen-bond acceptors (Lipinski definition) is 3. The molecule has 1 unspecified atom stereocenters. The zero-order chi connectivity index (χ0) is 19.6. The third kappa shape index (κ3) is 4.25. The van der Waals surface area contributed by atoms with E-state index < -0.39 is 11.4 Å². The summed E-state index contributed by atoms with van der Waals surface area (Å²) in [5.74, 6) is -1.03. The summed E-state index contributed by atoms with van der Waals surface area (Å²) in [5, 5.41) is 0. The average Bonchev–Trinajstić information content (AvgIpc) is 2.66. The van der Waals surface area contributed by atoms with Crippen LogP contribution in [0, 0.1) is 11.7 Å². The van der Waals surface area contributed by atoms with Gasteiger partial charge in [0.15, 0.2) is 5.78 Å². The number of benzene rings is 2. The Balaban J connectivity index is 1.78. The van der Waals surface area contributed by atoms with Crippen molar-refractivity contribution < 1.29 is 14.0 Å². The molecular formula is C22H25FN2O2. The highest BCUT2D eigenvalue weighted by molar-refractivity contribution is 5.99. The minimum atomic E-state index is -0.964. The van der Waals surface area contributed by atoms with Crippen molar-refractivity contribution in [2.45, 2.75) is 32.2 Å². The first-order valence-electron chi connectivity index (χ1n) is 9.25. The average molecular weight is 368 g/mol. The number of piperidine rings is 1. The molecule has 1 saturated heterocycles. The molecule has 1 atom stereocenters. The highest BCUT2D eigenvalue weighted by atomic mass is 19.1. The second-order valence-corrected chi connectivity index (χ2v) is 7.74. The minimum absolute atomic E-state index is 0.124. The Kier molecular flexibility index (Phi) is 5.42. The number of halogens is 1. The molecule has 1 fully saturated rings. The smallest absolute Gasteiger partial charge is 0.242 e. The molecular weight excluding hydrogens is 343 g/mol. The molecule has 0 radical (unpaired) electrons. The van der Waals surface area contributed by atoms with Crippen LogP contribution in [0.15, 0.2) is 48.5 Å². The molecule has 4 nitrogen and oxygen atoms in total. The summed E-state index contributed by atoms with van der Waals surface area (Å²) >= 11 is 0. The van der Waals surface area contributed by atoms with Crippen LogP contribution in [-0.2, 0) is 4.79 Å². The molecule has 2 N–H and O–H groups in total. The van der Waals surface area contributed by atoms with Crippen LogP contribution >= 0.6 is 0 Å². The summed E-state index contributed by atoms with van der Waals surface area (Å²) in [7, 11) is 0. The van der Waals surface area contributed by atoms with E-state index in [2.05, 4.69) is 0 Å². The summed E-state index contributed by atoms with van der Waals surface area (Å²) in [6.07, 6.45) is 1.43. The van der Waals surface area contributed by atoms with Gasteiger partial charge in [-0.1, -0.05) is 42.5 Å². The summed E-state index contributed by atoms with van der Waals surface area (Å²) < 4.78 is 14.6. The number of nitrogens with two attached hydrogens (primary N) is 1. The van der Waals surface area contributed by atoms with E-state index in [1.165, 1.54) is 6.07 Å². The van der Waals surface area contributed by atoms with Crippen molar-refractivity contribution in [2.75, 3.05) is 13.1 Å². The topological polar surface area (TPSA) is 63.4 Å². The maximum atomic E-state index is 14.6. The van der Waals surface area contributed by atoms with Gasteiger partial charge in [-0.2, -0.15) is 0 Å². The van der Waals surface area contributed by atoms with Gasteiger partial charge in [-0.15, -0.1) is 0 Å². The van der Waals surface area contributed by atoms with Gasteiger partial charge in [0.05, 0.1) is 5.54 Å². The first kappa shape index (κ1) is 19.2. The Labute approximate surface area is 159 Å². The third-order valence-corrected chi connectivity index (χ3v) is 4.97. The van der Waals surface area contributed by atoms with Crippen molar-refractivity contribution in [3.63, 3.8) is 0 Å². The van der Waals surface area contributed by atoms with Gasteiger partial charge in [-0.3, -0.25) is 9.59 Å². The lowest BCUT2D eigenvalue weighted by Gasteiger charge is -2.35. The van der Waals surface area contributed by atoms with Gasteiger partial charge in [0, 0.05) is 30.1 Å². The summed E-state index contributed by atoms with van der Waals surface area (Å²) in [4.78, 5) is 26.9. The lowest BCUT2D eigenvalue weighted by Crippen LogP contribution is -2.54. The fraction of sp³-hybridized carbons (Fsp3) is 0.364. The molecule has 1 aliphatic heterocycles. The van der Waals surface area contributed by atoms with E-state index in [1.807, 2.05) is 30.3 Å². The first-order valence-corrected chi connectivity index (χ1v) is 9.25. The molecule has 1 aliphatic rings. The number of hydrogen-bond donors (Lipinski definition) is 1. The van der Waals surface area contributed by atoms with E-state index in [0.29, 0.717) is 30.6 Å². The first-order chi connectivity index (χ1) is 12.8. The van der Waals surface area contributed by atoms with E-state index in [9.17, 15) is 14.0 Å². The largest absolute Gasteiger partial charge is 0.340 e. The molecule has 0 aromatic heterocycles. The van der Waals surface area contributed by atoms with Crippen molar-refractivity contribution in [2.24, 2.45) is 11.7 Å². The number of ketones is 1. The van der Waals surface area contributed by atoms with Crippen LogP contribution in [0.25, 0.3) is 11.1 Å². The van der Waals surface area contributed by atoms with Gasteiger partial charge in [0.1, 0.15) is 5.82 Å². The van der Waals surface area contributed by atoms with E-state index in [4.69, 9.17) is 5.73 Å². The predicted octanol–water partition coefficient (Wildman–Crippen LogP) is 3.65. The number of likely N-dealkylation sites (tertiary alicyclic amines) is 1. The SMILES string of the molecule is CC(C)(N)C(=O)N1CCCC(C(=O)c2ccc(-c3ccccc3)c(F)c2)C1. The number of rotatable bonds is 4. The number of carbonyl (C=O) groups is 2. The molecule has 1 heterocycles. The highest BCUT2D eigenvalue weighted by Gasteiger charge is 2.34. The highest BCUT2D eigenvalue weighted by Crippen LogP contribution is 2.27. The summed E-state index contributed by atoms with van der Waals surface area (Å²) in [6.45, 7) is 4.27. The number of amides is 1. The Morgan fingerprint density at radius 2 is 1.85 bits per heavy atom. The molecule has 0 saturated carbocycles. The molecule has 0 bridgehead atoms. The summed E-state index contributed by atoms with van der Waals surface area (Å²) in [6, 6.07) is 13.9. The van der Waals surface area contributed by atoms with Crippen molar-refractivity contribution >= 4 is 11.7 Å². The normalized spacial score (nSPS) is 17.6. The van der Waals surface area contributed by atoms with Crippen LogP contribution in [0.5, 0.6) is 0 Å². The standard InChI is InChI=1S/C22H25FN2O2/c1-22(2,24)21(27)25-12-6-9-17(14-25)20(26)16-10-11-18(19(23)13-16)15-7-4-3-5-8-15/h3-5,7-8,10-11,13,17H,6,9,12,14,24H2,1-2H3. The van der Waals surface area contributed by atoms with Gasteiger partial charge in [-0.05, 0) is 38.3 Å². The molecule has 0 aliphatic carbocycles. The molecule has 27 heavy (non-hydrogen) atoms. The molecule has 1 amide bonds. The monoisotopic (exact) mass is 368 g/mol. The maximum absolute atomic E-state index is 14.6. The van der Waals surface area contributed by atoms with Crippen LogP contribution in [0.4, 0.5) is 4.39 Å². The van der Waals surface area contributed by atoms with Crippen LogP contribution in [0.2, 0.25) is 0 Å². The molecule has 3 rings (SSSR count). The van der Waals surface area contributed by atoms with Crippen molar-refractivity contribution in [3.05, 3.63) is 59.9 Å². The van der Waals surface area contributed by atoms with Crippen molar-refractivity contribution in [1.29, 1.82) is 0 Å². The second kappa shape index (κ2) is 7.61. The van der Waals surface area contributed by atoms with E-state index in [0.717, 1.165) is 12.0 Å². The van der Waals surface area contributed by atoms with Gasteiger partial charge in [0.2, 0.25) is 5.91 Å². The fourth-order valence-corrected chi connectivity index (χ4v) is 3.54. The third-order valence-electron chi connectivity index (χ3n) is 4.97. The Hall–Kier alpha value is -2.53. The zero-order valence-corrected chi connectivity index (χ0v) is 15.7. The molecule has 0 spiro atoms. The van der Waals surface area contributed by atoms with Crippen LogP contribution in [0.3, 0.4) is 0 Å². The van der Waals surface area contributed by atoms with Crippen molar-refractivity contribution in [3.8, 4) is 11.1 Å². The lowest BCUT2D eigenvalue weighted by molar-refractivity contribution is -0.137. The van der Waals surface area contributed by atoms with Gasteiger partial charge in [0.25, 0.3) is 0 Å². The predicted molar refractivity (Wildman–Crippen MR) is 104 cm³/mol. The second-order valence-electron chi connectivity index (χ2n) is 7.74. The molecule has 2 aromatic rings. The van der Waals surface area contributed by atoms with Gasteiger partial charge in [-0.25, -0.2) is 4.39 Å². The maximum Gasteiger partial charge on any atom is 0.242 e. The quantitative estimate of drug-likeness (QED) is 0.838. The Morgan fingerprint density at radius 3 is 2.48 bits per heavy atom. The van der Waals surface area contributed by atoms with E-state index >= 15 is 0 Å². The van der Waals surface area contributed by atoms with Crippen LogP contribution in [-0.4, -0.2) is 35.2 Å².